The molecule has 0 fully saturated rings. The normalized spacial score (nSPS) is 11.9. The molecule has 0 bridgehead atoms. The van der Waals surface area contributed by atoms with Crippen molar-refractivity contribution >= 4 is 70.7 Å². The fourth-order valence-corrected chi connectivity index (χ4v) is 8.43. The first-order chi connectivity index (χ1) is 25.3. The predicted octanol–water partition coefficient (Wildman–Crippen LogP) is 13.3. The lowest BCUT2D eigenvalue weighted by Gasteiger charge is -2.19. The molecule has 0 aliphatic carbocycles. The van der Waals surface area contributed by atoms with E-state index in [1.165, 1.54) is 76.4 Å². The minimum absolute atomic E-state index is 0.990. The molecule has 11 aromatic rings. The van der Waals surface area contributed by atoms with E-state index in [0.717, 1.165) is 27.6 Å². The van der Waals surface area contributed by atoms with Crippen LogP contribution in [0.1, 0.15) is 0 Å². The van der Waals surface area contributed by atoms with Gasteiger partial charge in [0.05, 0.1) is 16.6 Å². The summed E-state index contributed by atoms with van der Waals surface area (Å²) in [6.45, 7) is 0. The van der Waals surface area contributed by atoms with Gasteiger partial charge in [-0.1, -0.05) is 152 Å². The first-order valence-electron chi connectivity index (χ1n) is 17.6. The third-order valence-corrected chi connectivity index (χ3v) is 10.7. The quantitative estimate of drug-likeness (QED) is 0.138. The molecule has 0 saturated carbocycles. The molecule has 0 amide bonds. The van der Waals surface area contributed by atoms with Crippen molar-refractivity contribution in [3.8, 4) is 33.4 Å². The van der Waals surface area contributed by atoms with E-state index in [1.807, 2.05) is 0 Å². The summed E-state index contributed by atoms with van der Waals surface area (Å²) >= 11 is 0. The zero-order valence-corrected chi connectivity index (χ0v) is 27.7. The Morgan fingerprint density at radius 1 is 0.314 bits per heavy atom. The summed E-state index contributed by atoms with van der Waals surface area (Å²) < 4.78 is 2.34. The third kappa shape index (κ3) is 4.20. The van der Waals surface area contributed by atoms with Crippen LogP contribution in [-0.4, -0.2) is 9.38 Å². The van der Waals surface area contributed by atoms with Crippen molar-refractivity contribution in [2.24, 2.45) is 0 Å². The van der Waals surface area contributed by atoms with Gasteiger partial charge in [0.25, 0.3) is 0 Å². The van der Waals surface area contributed by atoms with E-state index in [1.54, 1.807) is 0 Å². The number of pyridine rings is 1. The molecule has 2 aromatic heterocycles. The maximum absolute atomic E-state index is 5.36. The van der Waals surface area contributed by atoms with Gasteiger partial charge in [-0.05, 0) is 101 Å². The summed E-state index contributed by atoms with van der Waals surface area (Å²) in [4.78, 5) is 5.36. The molecule has 0 saturated heterocycles. The monoisotopic (exact) mass is 646 g/mol. The van der Waals surface area contributed by atoms with Gasteiger partial charge in [-0.2, -0.15) is 0 Å². The molecule has 2 heteroatoms. The highest BCUT2D eigenvalue weighted by molar-refractivity contribution is 6.23. The van der Waals surface area contributed by atoms with E-state index in [-0.39, 0.29) is 0 Å². The molecule has 0 unspecified atom stereocenters. The Kier molecular flexibility index (Phi) is 5.99. The second-order valence-corrected chi connectivity index (χ2v) is 13.5. The summed E-state index contributed by atoms with van der Waals surface area (Å²) in [5.41, 5.74) is 11.6. The van der Waals surface area contributed by atoms with Crippen molar-refractivity contribution in [3.05, 3.63) is 182 Å². The first-order valence-corrected chi connectivity index (χ1v) is 17.6. The Balaban J connectivity index is 1.25. The number of nitrogens with zero attached hydrogens (tertiary/aromatic N) is 2. The van der Waals surface area contributed by atoms with E-state index >= 15 is 0 Å². The molecule has 0 spiro atoms. The van der Waals surface area contributed by atoms with Crippen LogP contribution in [-0.2, 0) is 0 Å². The van der Waals surface area contributed by atoms with Gasteiger partial charge in [0.1, 0.15) is 5.65 Å². The lowest BCUT2D eigenvalue weighted by Crippen LogP contribution is -1.92. The molecular formula is C49H30N2. The fourth-order valence-electron chi connectivity index (χ4n) is 8.43. The van der Waals surface area contributed by atoms with Gasteiger partial charge in [0.2, 0.25) is 0 Å². The molecular weight excluding hydrogens is 617 g/mol. The van der Waals surface area contributed by atoms with Crippen LogP contribution in [0.4, 0.5) is 0 Å². The number of imidazole rings is 1. The molecule has 0 aliphatic rings. The summed E-state index contributed by atoms with van der Waals surface area (Å²) in [5, 5.41) is 11.1. The molecule has 236 valence electrons. The second-order valence-electron chi connectivity index (χ2n) is 13.5. The molecule has 0 aliphatic heterocycles. The largest absolute Gasteiger partial charge is 0.292 e. The Morgan fingerprint density at radius 3 is 1.73 bits per heavy atom. The average Bonchev–Trinajstić information content (AvgIpc) is 3.59. The lowest BCUT2D eigenvalue weighted by molar-refractivity contribution is 1.31. The van der Waals surface area contributed by atoms with Crippen LogP contribution in [0, 0.1) is 0 Å². The highest BCUT2D eigenvalue weighted by atomic mass is 15.0. The van der Waals surface area contributed by atoms with Crippen molar-refractivity contribution in [1.29, 1.82) is 0 Å². The molecule has 2 heterocycles. The van der Waals surface area contributed by atoms with E-state index in [4.69, 9.17) is 4.98 Å². The minimum atomic E-state index is 0.990. The molecule has 11 rings (SSSR count). The van der Waals surface area contributed by atoms with Crippen LogP contribution >= 0.6 is 0 Å². The van der Waals surface area contributed by atoms with Crippen LogP contribution in [0.15, 0.2) is 182 Å². The number of para-hydroxylation sites is 1. The van der Waals surface area contributed by atoms with Gasteiger partial charge in [-0.3, -0.25) is 4.40 Å². The van der Waals surface area contributed by atoms with Crippen LogP contribution in [0.5, 0.6) is 0 Å². The summed E-state index contributed by atoms with van der Waals surface area (Å²) in [6.07, 6.45) is 0. The Hall–Kier alpha value is -6.77. The molecule has 51 heavy (non-hydrogen) atoms. The van der Waals surface area contributed by atoms with Crippen molar-refractivity contribution in [2.75, 3.05) is 0 Å². The van der Waals surface area contributed by atoms with Crippen LogP contribution in [0.3, 0.4) is 0 Å². The van der Waals surface area contributed by atoms with Crippen LogP contribution in [0.25, 0.3) is 104 Å². The number of fused-ring (bicyclic) bond motifs is 11. The smallest absolute Gasteiger partial charge is 0.146 e. The Bertz CT molecular complexity index is 3190. The van der Waals surface area contributed by atoms with Crippen molar-refractivity contribution in [1.82, 2.24) is 9.38 Å². The zero-order chi connectivity index (χ0) is 33.5. The Labute approximate surface area is 294 Å². The predicted molar refractivity (Wildman–Crippen MR) is 217 cm³/mol. The highest BCUT2D eigenvalue weighted by Gasteiger charge is 2.20. The minimum Gasteiger partial charge on any atom is -0.292 e. The fraction of sp³-hybridized carbons (Fsp3) is 0. The molecule has 0 radical (unpaired) electrons. The number of rotatable bonds is 3. The van der Waals surface area contributed by atoms with Gasteiger partial charge < -0.3 is 0 Å². The molecule has 9 aromatic carbocycles. The maximum Gasteiger partial charge on any atom is 0.146 e. The third-order valence-electron chi connectivity index (χ3n) is 10.7. The zero-order valence-electron chi connectivity index (χ0n) is 27.7. The topological polar surface area (TPSA) is 17.3 Å². The van der Waals surface area contributed by atoms with Gasteiger partial charge in [-0.25, -0.2) is 4.98 Å². The standard InChI is InChI=1S/C49H30N2/c1-2-12-31(13-3-1)34-24-26-41-43(29-34)48(40-19-8-7-18-39(40)47(41)35-23-22-32-14-4-5-15-33(32)28-35)36-25-27-46-44(30-36)50-49-42-20-9-6-16-37(42)38-17-10-11-21-45(38)51(46)49/h1-30H. The van der Waals surface area contributed by atoms with Gasteiger partial charge in [0, 0.05) is 10.8 Å². The van der Waals surface area contributed by atoms with Gasteiger partial charge >= 0.3 is 0 Å². The number of hydrogen-bond acceptors (Lipinski definition) is 1. The molecule has 0 atom stereocenters. The Morgan fingerprint density at radius 2 is 0.902 bits per heavy atom. The number of aromatic nitrogens is 2. The van der Waals surface area contributed by atoms with E-state index in [0.29, 0.717) is 0 Å². The highest BCUT2D eigenvalue weighted by Crippen LogP contribution is 2.46. The molecule has 2 nitrogen and oxygen atoms in total. The SMILES string of the molecule is c1ccc(-c2ccc3c(-c4ccc5ccccc5c4)c4ccccc4c(-c4ccc5c(c4)nc4c6ccccc6c6ccccc6n54)c3c2)cc1. The van der Waals surface area contributed by atoms with Gasteiger partial charge in [0.15, 0.2) is 0 Å². The second kappa shape index (κ2) is 10.9. The summed E-state index contributed by atoms with van der Waals surface area (Å²) in [5.74, 6) is 0. The van der Waals surface area contributed by atoms with Gasteiger partial charge in [-0.15, -0.1) is 0 Å². The van der Waals surface area contributed by atoms with E-state index in [2.05, 4.69) is 186 Å². The number of hydrogen-bond donors (Lipinski definition) is 0. The van der Waals surface area contributed by atoms with Crippen molar-refractivity contribution in [2.45, 2.75) is 0 Å². The van der Waals surface area contributed by atoms with Crippen LogP contribution < -0.4 is 0 Å². The first kappa shape index (κ1) is 28.1. The van der Waals surface area contributed by atoms with Crippen molar-refractivity contribution in [3.63, 3.8) is 0 Å². The lowest BCUT2D eigenvalue weighted by atomic mass is 9.84. The van der Waals surface area contributed by atoms with Crippen molar-refractivity contribution < 1.29 is 0 Å². The average molecular weight is 647 g/mol. The molecule has 0 N–H and O–H groups in total. The van der Waals surface area contributed by atoms with Crippen LogP contribution in [0.2, 0.25) is 0 Å². The summed E-state index contributed by atoms with van der Waals surface area (Å²) in [7, 11) is 0. The summed E-state index contributed by atoms with van der Waals surface area (Å²) in [6, 6.07) is 66.3. The maximum atomic E-state index is 5.36. The number of benzene rings is 9. The van der Waals surface area contributed by atoms with E-state index < -0.39 is 0 Å². The van der Waals surface area contributed by atoms with E-state index in [9.17, 15) is 0 Å².